The average molecular weight is 227 g/mol. The van der Waals surface area contributed by atoms with E-state index < -0.39 is 0 Å². The van der Waals surface area contributed by atoms with E-state index in [1.165, 1.54) is 25.9 Å². The van der Waals surface area contributed by atoms with Crippen LogP contribution in [0, 0.1) is 5.92 Å². The van der Waals surface area contributed by atoms with Crippen molar-refractivity contribution in [2.75, 3.05) is 33.2 Å². The summed E-state index contributed by atoms with van der Waals surface area (Å²) < 4.78 is 0. The third kappa shape index (κ3) is 4.94. The van der Waals surface area contributed by atoms with Crippen molar-refractivity contribution in [2.45, 2.75) is 32.7 Å². The van der Waals surface area contributed by atoms with Crippen LogP contribution in [-0.2, 0) is 4.79 Å². The molecule has 16 heavy (non-hydrogen) atoms. The van der Waals surface area contributed by atoms with Crippen molar-refractivity contribution in [3.05, 3.63) is 0 Å². The summed E-state index contributed by atoms with van der Waals surface area (Å²) in [5.74, 6) is 0.835. The second-order valence-corrected chi connectivity index (χ2v) is 4.87. The Labute approximate surface area is 98.8 Å². The van der Waals surface area contributed by atoms with E-state index in [4.69, 9.17) is 0 Å². The molecule has 1 fully saturated rings. The van der Waals surface area contributed by atoms with Gasteiger partial charge in [-0.25, -0.2) is 0 Å². The molecular formula is C12H25N3O. The highest BCUT2D eigenvalue weighted by atomic mass is 16.1. The molecule has 1 aliphatic rings. The lowest BCUT2D eigenvalue weighted by atomic mass is 9.90. The number of nitrogens with one attached hydrogen (secondary N) is 2. The van der Waals surface area contributed by atoms with Gasteiger partial charge in [0, 0.05) is 26.1 Å². The van der Waals surface area contributed by atoms with Crippen molar-refractivity contribution in [3.8, 4) is 0 Å². The summed E-state index contributed by atoms with van der Waals surface area (Å²) in [4.78, 5) is 13.1. The Balaban J connectivity index is 2.10. The lowest BCUT2D eigenvalue weighted by Gasteiger charge is -2.33. The zero-order chi connectivity index (χ0) is 12.0. The van der Waals surface area contributed by atoms with E-state index in [1.54, 1.807) is 6.92 Å². The molecule has 1 amide bonds. The second kappa shape index (κ2) is 6.86. The Morgan fingerprint density at radius 3 is 2.56 bits per heavy atom. The van der Waals surface area contributed by atoms with E-state index in [9.17, 15) is 4.79 Å². The van der Waals surface area contributed by atoms with Crippen LogP contribution in [0.2, 0.25) is 0 Å². The van der Waals surface area contributed by atoms with Crippen LogP contribution in [0.1, 0.15) is 26.7 Å². The monoisotopic (exact) mass is 227 g/mol. The zero-order valence-corrected chi connectivity index (χ0v) is 10.8. The molecule has 0 aromatic rings. The van der Waals surface area contributed by atoms with Crippen LogP contribution in [0.3, 0.4) is 0 Å². The molecule has 0 aromatic carbocycles. The van der Waals surface area contributed by atoms with Crippen LogP contribution in [-0.4, -0.2) is 50.1 Å². The Morgan fingerprint density at radius 2 is 2.00 bits per heavy atom. The molecule has 4 heteroatoms. The first-order valence-electron chi connectivity index (χ1n) is 6.26. The van der Waals surface area contributed by atoms with Crippen molar-refractivity contribution in [1.82, 2.24) is 15.5 Å². The molecule has 0 aliphatic carbocycles. The highest BCUT2D eigenvalue weighted by Gasteiger charge is 2.21. The van der Waals surface area contributed by atoms with Crippen LogP contribution in [0.25, 0.3) is 0 Å². The van der Waals surface area contributed by atoms with Crippen molar-refractivity contribution in [1.29, 1.82) is 0 Å². The second-order valence-electron chi connectivity index (χ2n) is 4.87. The van der Waals surface area contributed by atoms with Gasteiger partial charge in [-0.1, -0.05) is 0 Å². The normalized spacial score (nSPS) is 20.7. The van der Waals surface area contributed by atoms with E-state index in [2.05, 4.69) is 29.5 Å². The van der Waals surface area contributed by atoms with Gasteiger partial charge in [-0.2, -0.15) is 0 Å². The van der Waals surface area contributed by atoms with Gasteiger partial charge in [0.2, 0.25) is 5.91 Å². The van der Waals surface area contributed by atoms with Gasteiger partial charge in [0.1, 0.15) is 0 Å². The number of rotatable bonds is 5. The Morgan fingerprint density at radius 1 is 1.38 bits per heavy atom. The Hall–Kier alpha value is -0.610. The molecular weight excluding hydrogens is 202 g/mol. The summed E-state index contributed by atoms with van der Waals surface area (Å²) in [5, 5.41) is 6.29. The molecule has 1 heterocycles. The third-order valence-electron chi connectivity index (χ3n) is 3.44. The maximum Gasteiger partial charge on any atom is 0.216 e. The van der Waals surface area contributed by atoms with Crippen LogP contribution in [0.4, 0.5) is 0 Å². The predicted molar refractivity (Wildman–Crippen MR) is 66.4 cm³/mol. The fourth-order valence-corrected chi connectivity index (χ4v) is 2.23. The SMILES string of the molecule is CC(=O)NCCNC(C)C1CCN(C)CC1. The minimum atomic E-state index is 0.0498. The van der Waals surface area contributed by atoms with Crippen molar-refractivity contribution in [3.63, 3.8) is 0 Å². The quantitative estimate of drug-likeness (QED) is 0.670. The number of amides is 1. The Kier molecular flexibility index (Phi) is 5.77. The smallest absolute Gasteiger partial charge is 0.216 e. The van der Waals surface area contributed by atoms with Crippen molar-refractivity contribution < 1.29 is 4.79 Å². The van der Waals surface area contributed by atoms with Gasteiger partial charge in [0.15, 0.2) is 0 Å². The van der Waals surface area contributed by atoms with E-state index in [-0.39, 0.29) is 5.91 Å². The molecule has 0 radical (unpaired) electrons. The molecule has 4 nitrogen and oxygen atoms in total. The zero-order valence-electron chi connectivity index (χ0n) is 10.8. The molecule has 1 unspecified atom stereocenters. The fourth-order valence-electron chi connectivity index (χ4n) is 2.23. The number of carbonyl (C=O) groups excluding carboxylic acids is 1. The summed E-state index contributed by atoms with van der Waals surface area (Å²) in [7, 11) is 2.19. The average Bonchev–Trinajstić information content (AvgIpc) is 2.25. The Bertz CT molecular complexity index is 212. The molecule has 0 spiro atoms. The maximum atomic E-state index is 10.7. The molecule has 2 N–H and O–H groups in total. The number of hydrogen-bond donors (Lipinski definition) is 2. The van der Waals surface area contributed by atoms with Crippen molar-refractivity contribution in [2.24, 2.45) is 5.92 Å². The number of piperidine rings is 1. The van der Waals surface area contributed by atoms with Gasteiger partial charge in [-0.15, -0.1) is 0 Å². The summed E-state index contributed by atoms with van der Waals surface area (Å²) in [6, 6.07) is 0.558. The predicted octanol–water partition coefficient (Wildman–Crippen LogP) is 0.442. The first-order valence-corrected chi connectivity index (χ1v) is 6.26. The lowest BCUT2D eigenvalue weighted by molar-refractivity contribution is -0.118. The van der Waals surface area contributed by atoms with Gasteiger partial charge in [-0.3, -0.25) is 4.79 Å². The standard InChI is InChI=1S/C12H25N3O/c1-10(13-6-7-14-11(2)16)12-4-8-15(3)9-5-12/h10,12-13H,4-9H2,1-3H3,(H,14,16). The molecule has 0 aromatic heterocycles. The number of likely N-dealkylation sites (tertiary alicyclic amines) is 1. The molecule has 0 bridgehead atoms. The number of nitrogens with zero attached hydrogens (tertiary/aromatic N) is 1. The van der Waals surface area contributed by atoms with Gasteiger partial charge < -0.3 is 15.5 Å². The molecule has 1 saturated heterocycles. The summed E-state index contributed by atoms with van der Waals surface area (Å²) in [5.41, 5.74) is 0. The van der Waals surface area contributed by atoms with Gasteiger partial charge in [0.25, 0.3) is 0 Å². The minimum Gasteiger partial charge on any atom is -0.355 e. The summed E-state index contributed by atoms with van der Waals surface area (Å²) >= 11 is 0. The van der Waals surface area contributed by atoms with Crippen molar-refractivity contribution >= 4 is 5.91 Å². The van der Waals surface area contributed by atoms with E-state index >= 15 is 0 Å². The highest BCUT2D eigenvalue weighted by molar-refractivity contribution is 5.72. The van der Waals surface area contributed by atoms with Gasteiger partial charge >= 0.3 is 0 Å². The minimum absolute atomic E-state index is 0.0498. The fraction of sp³-hybridized carbons (Fsp3) is 0.917. The van der Waals surface area contributed by atoms with Gasteiger partial charge in [-0.05, 0) is 45.8 Å². The largest absolute Gasteiger partial charge is 0.355 e. The van der Waals surface area contributed by atoms with E-state index in [1.807, 2.05) is 0 Å². The molecule has 1 rings (SSSR count). The van der Waals surface area contributed by atoms with E-state index in [0.29, 0.717) is 6.04 Å². The van der Waals surface area contributed by atoms with E-state index in [0.717, 1.165) is 19.0 Å². The molecule has 94 valence electrons. The molecule has 1 atom stereocenters. The molecule has 0 saturated carbocycles. The van der Waals surface area contributed by atoms with Crippen LogP contribution >= 0.6 is 0 Å². The third-order valence-corrected chi connectivity index (χ3v) is 3.44. The first-order chi connectivity index (χ1) is 7.59. The number of carbonyl (C=O) groups is 1. The number of hydrogen-bond acceptors (Lipinski definition) is 3. The van der Waals surface area contributed by atoms with Crippen LogP contribution in [0.15, 0.2) is 0 Å². The maximum absolute atomic E-state index is 10.7. The van der Waals surface area contributed by atoms with Crippen LogP contribution in [0.5, 0.6) is 0 Å². The van der Waals surface area contributed by atoms with Crippen LogP contribution < -0.4 is 10.6 Å². The topological polar surface area (TPSA) is 44.4 Å². The van der Waals surface area contributed by atoms with Gasteiger partial charge in [0.05, 0.1) is 0 Å². The molecule has 1 aliphatic heterocycles. The highest BCUT2D eigenvalue weighted by Crippen LogP contribution is 2.19. The summed E-state index contributed by atoms with van der Waals surface area (Å²) in [6.45, 7) is 7.83. The lowest BCUT2D eigenvalue weighted by Crippen LogP contribution is -2.43. The summed E-state index contributed by atoms with van der Waals surface area (Å²) in [6.07, 6.45) is 2.57. The first kappa shape index (κ1) is 13.5.